The molecule has 0 aromatic carbocycles. The summed E-state index contributed by atoms with van der Waals surface area (Å²) in [4.78, 5) is 13.2. The second kappa shape index (κ2) is 5.13. The zero-order valence-electron chi connectivity index (χ0n) is 9.57. The third kappa shape index (κ3) is 2.73. The monoisotopic (exact) mass is 229 g/mol. The summed E-state index contributed by atoms with van der Waals surface area (Å²) in [6, 6.07) is 0.503. The molecule has 2 rings (SSSR count). The number of hydrogen-bond donors (Lipinski definition) is 1. The Balaban J connectivity index is 1.78. The minimum Gasteiger partial charge on any atom is -0.481 e. The van der Waals surface area contributed by atoms with Gasteiger partial charge in [0.05, 0.1) is 5.92 Å². The van der Waals surface area contributed by atoms with Crippen LogP contribution in [0.1, 0.15) is 38.5 Å². The molecule has 2 aliphatic rings. The lowest BCUT2D eigenvalue weighted by Gasteiger charge is -2.38. The van der Waals surface area contributed by atoms with Gasteiger partial charge in [0.2, 0.25) is 0 Å². The molecule has 0 aromatic heterocycles. The molecule has 1 N–H and O–H groups in total. The number of nitrogens with zero attached hydrogens (tertiary/aromatic N) is 1. The molecule has 0 radical (unpaired) electrons. The van der Waals surface area contributed by atoms with E-state index in [1.807, 2.05) is 0 Å². The Morgan fingerprint density at radius 3 is 2.12 bits per heavy atom. The molecule has 92 valence electrons. The summed E-state index contributed by atoms with van der Waals surface area (Å²) in [5.74, 6) is -0.795. The summed E-state index contributed by atoms with van der Waals surface area (Å²) in [5, 5.41) is 8.91. The summed E-state index contributed by atoms with van der Waals surface area (Å²) in [6.07, 6.45) is 4.19. The van der Waals surface area contributed by atoms with Crippen LogP contribution in [0.25, 0.3) is 0 Å². The average Bonchev–Trinajstić information content (AvgIpc) is 2.30. The molecular formula is C12H20FNO2. The summed E-state index contributed by atoms with van der Waals surface area (Å²) < 4.78 is 13.0. The van der Waals surface area contributed by atoms with Crippen molar-refractivity contribution in [3.05, 3.63) is 0 Å². The average molecular weight is 229 g/mol. The number of likely N-dealkylation sites (tertiary alicyclic amines) is 1. The third-order valence-corrected chi connectivity index (χ3v) is 4.02. The number of alkyl halides is 1. The molecule has 1 saturated heterocycles. The first-order chi connectivity index (χ1) is 7.66. The zero-order valence-corrected chi connectivity index (χ0v) is 9.57. The molecule has 3 nitrogen and oxygen atoms in total. The summed E-state index contributed by atoms with van der Waals surface area (Å²) in [6.45, 7) is 1.70. The highest BCUT2D eigenvalue weighted by Crippen LogP contribution is 2.29. The summed E-state index contributed by atoms with van der Waals surface area (Å²) in [5.41, 5.74) is 0. The van der Waals surface area contributed by atoms with E-state index >= 15 is 0 Å². The van der Waals surface area contributed by atoms with Gasteiger partial charge in [-0.15, -0.1) is 0 Å². The van der Waals surface area contributed by atoms with Gasteiger partial charge in [0, 0.05) is 19.1 Å². The molecule has 1 aliphatic heterocycles. The highest BCUT2D eigenvalue weighted by atomic mass is 19.1. The van der Waals surface area contributed by atoms with Crippen LogP contribution in [-0.4, -0.2) is 41.3 Å². The lowest BCUT2D eigenvalue weighted by Crippen LogP contribution is -2.44. The molecule has 1 aliphatic carbocycles. The second-order valence-corrected chi connectivity index (χ2v) is 5.05. The molecule has 4 heteroatoms. The number of hydrogen-bond acceptors (Lipinski definition) is 2. The molecule has 0 amide bonds. The van der Waals surface area contributed by atoms with Crippen LogP contribution in [0.15, 0.2) is 0 Å². The van der Waals surface area contributed by atoms with Crippen molar-refractivity contribution in [3.63, 3.8) is 0 Å². The lowest BCUT2D eigenvalue weighted by atomic mass is 9.85. The number of carbonyl (C=O) groups is 1. The number of rotatable bonds is 2. The van der Waals surface area contributed by atoms with Crippen molar-refractivity contribution in [1.82, 2.24) is 4.90 Å². The fraction of sp³-hybridized carbons (Fsp3) is 0.917. The van der Waals surface area contributed by atoms with Gasteiger partial charge in [-0.3, -0.25) is 4.79 Å². The van der Waals surface area contributed by atoms with Crippen molar-refractivity contribution in [1.29, 1.82) is 0 Å². The molecule has 0 spiro atoms. The fourth-order valence-corrected chi connectivity index (χ4v) is 2.92. The van der Waals surface area contributed by atoms with Crippen LogP contribution in [-0.2, 0) is 4.79 Å². The molecule has 2 fully saturated rings. The van der Waals surface area contributed by atoms with Crippen LogP contribution in [0.5, 0.6) is 0 Å². The van der Waals surface area contributed by atoms with E-state index in [4.69, 9.17) is 5.11 Å². The number of piperidine rings is 1. The van der Waals surface area contributed by atoms with Crippen molar-refractivity contribution in [2.24, 2.45) is 5.92 Å². The lowest BCUT2D eigenvalue weighted by molar-refractivity contribution is -0.143. The van der Waals surface area contributed by atoms with Crippen LogP contribution in [0, 0.1) is 5.92 Å². The van der Waals surface area contributed by atoms with Gasteiger partial charge < -0.3 is 10.0 Å². The van der Waals surface area contributed by atoms with Crippen LogP contribution >= 0.6 is 0 Å². The van der Waals surface area contributed by atoms with E-state index in [0.29, 0.717) is 18.9 Å². The van der Waals surface area contributed by atoms with Gasteiger partial charge in [-0.05, 0) is 38.5 Å². The first-order valence-electron chi connectivity index (χ1n) is 6.27. The minimum absolute atomic E-state index is 0.144. The number of carboxylic acid groups (broad SMARTS) is 1. The maximum absolute atomic E-state index is 13.0. The van der Waals surface area contributed by atoms with Gasteiger partial charge in [0.1, 0.15) is 6.17 Å². The Morgan fingerprint density at radius 1 is 1.06 bits per heavy atom. The van der Waals surface area contributed by atoms with Gasteiger partial charge in [-0.25, -0.2) is 4.39 Å². The fourth-order valence-electron chi connectivity index (χ4n) is 2.92. The van der Waals surface area contributed by atoms with Crippen molar-refractivity contribution >= 4 is 5.97 Å². The molecule has 1 saturated carbocycles. The predicted molar refractivity (Wildman–Crippen MR) is 59.1 cm³/mol. The van der Waals surface area contributed by atoms with Crippen molar-refractivity contribution in [2.45, 2.75) is 50.7 Å². The Morgan fingerprint density at radius 2 is 1.62 bits per heavy atom. The topological polar surface area (TPSA) is 40.5 Å². The van der Waals surface area contributed by atoms with E-state index in [-0.39, 0.29) is 5.92 Å². The first-order valence-corrected chi connectivity index (χ1v) is 6.27. The van der Waals surface area contributed by atoms with Gasteiger partial charge in [0.25, 0.3) is 0 Å². The van der Waals surface area contributed by atoms with Gasteiger partial charge >= 0.3 is 5.97 Å². The molecule has 0 bridgehead atoms. The molecule has 16 heavy (non-hydrogen) atoms. The van der Waals surface area contributed by atoms with Crippen LogP contribution < -0.4 is 0 Å². The zero-order chi connectivity index (χ0) is 11.5. The minimum atomic E-state index is -0.652. The molecule has 0 aromatic rings. The molecule has 0 unspecified atom stereocenters. The summed E-state index contributed by atoms with van der Waals surface area (Å²) >= 11 is 0. The molecule has 1 heterocycles. The van der Waals surface area contributed by atoms with Crippen molar-refractivity contribution in [3.8, 4) is 0 Å². The van der Waals surface area contributed by atoms with E-state index < -0.39 is 12.1 Å². The van der Waals surface area contributed by atoms with E-state index in [9.17, 15) is 9.18 Å². The van der Waals surface area contributed by atoms with Crippen molar-refractivity contribution < 1.29 is 14.3 Å². The van der Waals surface area contributed by atoms with Gasteiger partial charge in [-0.1, -0.05) is 0 Å². The Labute approximate surface area is 95.6 Å². The largest absolute Gasteiger partial charge is 0.481 e. The standard InChI is InChI=1S/C12H20FNO2/c13-10-5-7-14(8-6-10)11-3-1-9(2-4-11)12(15)16/h9-11H,1-8H2,(H,15,16). The SMILES string of the molecule is O=C(O)C1CCC(N2CCC(F)CC2)CC1. The second-order valence-electron chi connectivity index (χ2n) is 5.05. The smallest absolute Gasteiger partial charge is 0.306 e. The van der Waals surface area contributed by atoms with Crippen LogP contribution in [0.2, 0.25) is 0 Å². The number of aliphatic carboxylic acids is 1. The Bertz CT molecular complexity index is 243. The third-order valence-electron chi connectivity index (χ3n) is 4.02. The highest BCUT2D eigenvalue weighted by molar-refractivity contribution is 5.70. The first kappa shape index (κ1) is 11.8. The van der Waals surface area contributed by atoms with Gasteiger partial charge in [0.15, 0.2) is 0 Å². The van der Waals surface area contributed by atoms with Gasteiger partial charge in [-0.2, -0.15) is 0 Å². The maximum atomic E-state index is 13.0. The number of carboxylic acids is 1. The Kier molecular flexibility index (Phi) is 3.79. The van der Waals surface area contributed by atoms with E-state index in [1.54, 1.807) is 0 Å². The molecule has 0 atom stereocenters. The number of halogens is 1. The van der Waals surface area contributed by atoms with E-state index in [2.05, 4.69) is 4.90 Å². The predicted octanol–water partition coefficient (Wildman–Crippen LogP) is 2.06. The maximum Gasteiger partial charge on any atom is 0.306 e. The van der Waals surface area contributed by atoms with E-state index in [1.165, 1.54) is 0 Å². The van der Waals surface area contributed by atoms with Crippen LogP contribution in [0.4, 0.5) is 4.39 Å². The Hall–Kier alpha value is -0.640. The highest BCUT2D eigenvalue weighted by Gasteiger charge is 2.31. The summed E-state index contributed by atoms with van der Waals surface area (Å²) in [7, 11) is 0. The normalized spacial score (nSPS) is 33.8. The van der Waals surface area contributed by atoms with Crippen LogP contribution in [0.3, 0.4) is 0 Å². The van der Waals surface area contributed by atoms with Crippen molar-refractivity contribution in [2.75, 3.05) is 13.1 Å². The van der Waals surface area contributed by atoms with E-state index in [0.717, 1.165) is 38.8 Å². The molecular weight excluding hydrogens is 209 g/mol. The quantitative estimate of drug-likeness (QED) is 0.788.